The number of nitrogens with zero attached hydrogens (tertiary/aromatic N) is 1. The zero-order valence-electron chi connectivity index (χ0n) is 7.37. The lowest BCUT2D eigenvalue weighted by molar-refractivity contribution is 0.111. The van der Waals surface area contributed by atoms with Gasteiger partial charge in [-0.3, -0.25) is 4.79 Å². The standard InChI is InChI=1S/C10H5I2NO2/c11-7-3-8(12)10(15)9-6(7)2-1-5(4-14)13-9/h1-4,15H. The summed E-state index contributed by atoms with van der Waals surface area (Å²) < 4.78 is 1.75. The molecule has 0 fully saturated rings. The lowest BCUT2D eigenvalue weighted by Gasteiger charge is -2.05. The number of phenolic OH excluding ortho intramolecular Hbond substituents is 1. The van der Waals surface area contributed by atoms with Crippen molar-refractivity contribution >= 4 is 62.4 Å². The minimum atomic E-state index is 0.134. The number of rotatable bonds is 1. The molecule has 3 nitrogen and oxygen atoms in total. The van der Waals surface area contributed by atoms with Gasteiger partial charge in [-0.25, -0.2) is 4.98 Å². The molecular formula is C10H5I2NO2. The fraction of sp³-hybridized carbons (Fsp3) is 0. The Morgan fingerprint density at radius 2 is 2.00 bits per heavy atom. The summed E-state index contributed by atoms with van der Waals surface area (Å²) in [6.07, 6.45) is 0.672. The zero-order valence-corrected chi connectivity index (χ0v) is 11.7. The Balaban J connectivity index is 2.91. The molecule has 0 radical (unpaired) electrons. The van der Waals surface area contributed by atoms with Gasteiger partial charge in [0, 0.05) is 8.96 Å². The SMILES string of the molecule is O=Cc1ccc2c(I)cc(I)c(O)c2n1. The van der Waals surface area contributed by atoms with E-state index in [0.717, 1.165) is 12.5 Å². The van der Waals surface area contributed by atoms with Crippen molar-refractivity contribution < 1.29 is 9.90 Å². The molecule has 1 aromatic carbocycles. The Labute approximate surface area is 113 Å². The average Bonchev–Trinajstić information content (AvgIpc) is 2.25. The van der Waals surface area contributed by atoms with Gasteiger partial charge in [-0.1, -0.05) is 0 Å². The lowest BCUT2D eigenvalue weighted by atomic mass is 10.2. The highest BCUT2D eigenvalue weighted by atomic mass is 127. The topological polar surface area (TPSA) is 50.2 Å². The predicted octanol–water partition coefficient (Wildman–Crippen LogP) is 2.96. The second-order valence-corrected chi connectivity index (χ2v) is 5.26. The van der Waals surface area contributed by atoms with Gasteiger partial charge in [0.1, 0.15) is 11.2 Å². The maximum Gasteiger partial charge on any atom is 0.168 e. The van der Waals surface area contributed by atoms with E-state index in [1.54, 1.807) is 12.1 Å². The molecule has 0 spiro atoms. The zero-order chi connectivity index (χ0) is 11.0. The van der Waals surface area contributed by atoms with Crippen LogP contribution in [0.3, 0.4) is 0 Å². The van der Waals surface area contributed by atoms with Crippen LogP contribution >= 0.6 is 45.2 Å². The molecular weight excluding hydrogens is 420 g/mol. The van der Waals surface area contributed by atoms with Gasteiger partial charge < -0.3 is 5.11 Å². The van der Waals surface area contributed by atoms with Crippen LogP contribution in [-0.2, 0) is 0 Å². The number of halogens is 2. The van der Waals surface area contributed by atoms with Crippen LogP contribution in [0.1, 0.15) is 10.5 Å². The van der Waals surface area contributed by atoms with Crippen LogP contribution in [0.5, 0.6) is 5.75 Å². The Kier molecular flexibility index (Phi) is 3.10. The highest BCUT2D eigenvalue weighted by molar-refractivity contribution is 14.1. The van der Waals surface area contributed by atoms with E-state index in [1.807, 2.05) is 28.7 Å². The predicted molar refractivity (Wildman–Crippen MR) is 74.2 cm³/mol. The summed E-state index contributed by atoms with van der Waals surface area (Å²) in [7, 11) is 0. The molecule has 0 aliphatic carbocycles. The molecule has 0 bridgehead atoms. The maximum absolute atomic E-state index is 10.6. The number of hydrogen-bond acceptors (Lipinski definition) is 3. The third-order valence-electron chi connectivity index (χ3n) is 2.00. The highest BCUT2D eigenvalue weighted by Crippen LogP contribution is 2.31. The van der Waals surface area contributed by atoms with Crippen molar-refractivity contribution in [3.63, 3.8) is 0 Å². The van der Waals surface area contributed by atoms with E-state index in [2.05, 4.69) is 27.6 Å². The van der Waals surface area contributed by atoms with Crippen LogP contribution in [0.4, 0.5) is 0 Å². The molecule has 0 atom stereocenters. The number of fused-ring (bicyclic) bond motifs is 1. The highest BCUT2D eigenvalue weighted by Gasteiger charge is 2.10. The minimum absolute atomic E-state index is 0.134. The van der Waals surface area contributed by atoms with Gasteiger partial charge in [-0.15, -0.1) is 0 Å². The van der Waals surface area contributed by atoms with Crippen molar-refractivity contribution in [1.29, 1.82) is 0 Å². The van der Waals surface area contributed by atoms with E-state index in [-0.39, 0.29) is 5.75 Å². The molecule has 5 heteroatoms. The quantitative estimate of drug-likeness (QED) is 0.565. The number of phenols is 1. The molecule has 0 aliphatic rings. The van der Waals surface area contributed by atoms with Crippen molar-refractivity contribution in [1.82, 2.24) is 4.98 Å². The first-order chi connectivity index (χ1) is 7.13. The molecule has 2 aromatic rings. The van der Waals surface area contributed by atoms with E-state index >= 15 is 0 Å². The average molecular weight is 425 g/mol. The van der Waals surface area contributed by atoms with Crippen molar-refractivity contribution in [2.24, 2.45) is 0 Å². The molecule has 0 unspecified atom stereocenters. The summed E-state index contributed by atoms with van der Waals surface area (Å²) >= 11 is 4.22. The summed E-state index contributed by atoms with van der Waals surface area (Å²) in [5.74, 6) is 0.134. The van der Waals surface area contributed by atoms with Crippen molar-refractivity contribution in [3.05, 3.63) is 31.0 Å². The van der Waals surface area contributed by atoms with Gasteiger partial charge in [0.2, 0.25) is 0 Å². The summed E-state index contributed by atoms with van der Waals surface area (Å²) in [6, 6.07) is 5.31. The fourth-order valence-corrected chi connectivity index (χ4v) is 3.19. The summed E-state index contributed by atoms with van der Waals surface area (Å²) in [5.41, 5.74) is 0.812. The van der Waals surface area contributed by atoms with E-state index in [0.29, 0.717) is 17.5 Å². The molecule has 0 aliphatic heterocycles. The van der Waals surface area contributed by atoms with Crippen LogP contribution in [0.25, 0.3) is 10.9 Å². The van der Waals surface area contributed by atoms with Gasteiger partial charge in [0.25, 0.3) is 0 Å². The van der Waals surface area contributed by atoms with Crippen molar-refractivity contribution in [3.8, 4) is 5.75 Å². The lowest BCUT2D eigenvalue weighted by Crippen LogP contribution is -1.91. The second-order valence-electron chi connectivity index (χ2n) is 2.94. The number of carbonyl (C=O) groups is 1. The van der Waals surface area contributed by atoms with Crippen LogP contribution in [-0.4, -0.2) is 16.4 Å². The molecule has 1 aromatic heterocycles. The Morgan fingerprint density at radius 3 is 2.67 bits per heavy atom. The van der Waals surface area contributed by atoms with E-state index in [4.69, 9.17) is 0 Å². The fourth-order valence-electron chi connectivity index (χ4n) is 1.28. The minimum Gasteiger partial charge on any atom is -0.505 e. The monoisotopic (exact) mass is 425 g/mol. The maximum atomic E-state index is 10.6. The summed E-state index contributed by atoms with van der Waals surface area (Å²) in [6.45, 7) is 0. The molecule has 0 saturated heterocycles. The molecule has 0 amide bonds. The third-order valence-corrected chi connectivity index (χ3v) is 3.71. The van der Waals surface area contributed by atoms with Crippen LogP contribution in [0.15, 0.2) is 18.2 Å². The van der Waals surface area contributed by atoms with Gasteiger partial charge >= 0.3 is 0 Å². The summed E-state index contributed by atoms with van der Waals surface area (Å²) in [5, 5.41) is 10.7. The number of pyridine rings is 1. The van der Waals surface area contributed by atoms with Crippen molar-refractivity contribution in [2.45, 2.75) is 0 Å². The van der Waals surface area contributed by atoms with Crippen molar-refractivity contribution in [2.75, 3.05) is 0 Å². The second kappa shape index (κ2) is 4.20. The first-order valence-corrected chi connectivity index (χ1v) is 6.22. The normalized spacial score (nSPS) is 10.5. The van der Waals surface area contributed by atoms with Gasteiger partial charge in [0.15, 0.2) is 12.0 Å². The number of aromatic hydroxyl groups is 1. The largest absolute Gasteiger partial charge is 0.505 e. The molecule has 1 heterocycles. The van der Waals surface area contributed by atoms with Crippen LogP contribution < -0.4 is 0 Å². The number of benzene rings is 1. The Hall–Kier alpha value is -0.440. The molecule has 2 rings (SSSR count). The Morgan fingerprint density at radius 1 is 1.27 bits per heavy atom. The number of aromatic nitrogens is 1. The van der Waals surface area contributed by atoms with E-state index in [1.165, 1.54) is 0 Å². The smallest absolute Gasteiger partial charge is 0.168 e. The number of aldehydes is 1. The van der Waals surface area contributed by atoms with Gasteiger partial charge in [0.05, 0.1) is 3.57 Å². The first kappa shape index (κ1) is 11.1. The third kappa shape index (κ3) is 1.94. The van der Waals surface area contributed by atoms with E-state index in [9.17, 15) is 9.90 Å². The molecule has 76 valence electrons. The molecule has 1 N–H and O–H groups in total. The van der Waals surface area contributed by atoms with Gasteiger partial charge in [-0.2, -0.15) is 0 Å². The van der Waals surface area contributed by atoms with E-state index < -0.39 is 0 Å². The van der Waals surface area contributed by atoms with Crippen LogP contribution in [0, 0.1) is 7.14 Å². The number of carbonyl (C=O) groups excluding carboxylic acids is 1. The number of hydrogen-bond donors (Lipinski definition) is 1. The van der Waals surface area contributed by atoms with Crippen LogP contribution in [0.2, 0.25) is 0 Å². The molecule has 0 saturated carbocycles. The Bertz CT molecular complexity index is 555. The molecule has 15 heavy (non-hydrogen) atoms. The first-order valence-electron chi connectivity index (χ1n) is 4.06. The summed E-state index contributed by atoms with van der Waals surface area (Å²) in [4.78, 5) is 14.7. The van der Waals surface area contributed by atoms with Gasteiger partial charge in [-0.05, 0) is 63.4 Å².